The number of aromatic nitrogens is 3. The zero-order chi connectivity index (χ0) is 19.4. The normalized spacial score (nSPS) is 11.9. The lowest BCUT2D eigenvalue weighted by Crippen LogP contribution is -2.39. The second-order valence-corrected chi connectivity index (χ2v) is 7.19. The minimum atomic E-state index is -0.882. The summed E-state index contributed by atoms with van der Waals surface area (Å²) in [6.07, 6.45) is 1.60. The standard InChI is InChI=1S/C18H19N5O3S/c1-11-14(8-9-26-11)15-21-22-18(27-12(2)16(24)20-17(19)25)23(15)10-13-6-4-3-5-7-13/h3-9,12H,10H2,1-2H3,(H3,19,20,24,25)/t12-/m0/s1. The first-order chi connectivity index (χ1) is 13.0. The molecule has 8 nitrogen and oxygen atoms in total. The molecule has 9 heteroatoms. The summed E-state index contributed by atoms with van der Waals surface area (Å²) < 4.78 is 7.32. The number of benzene rings is 1. The molecule has 0 radical (unpaired) electrons. The third kappa shape index (κ3) is 4.37. The van der Waals surface area contributed by atoms with E-state index >= 15 is 0 Å². The molecule has 0 aliphatic rings. The van der Waals surface area contributed by atoms with E-state index in [-0.39, 0.29) is 0 Å². The Kier molecular flexibility index (Phi) is 5.60. The lowest BCUT2D eigenvalue weighted by atomic mass is 10.2. The summed E-state index contributed by atoms with van der Waals surface area (Å²) in [5.41, 5.74) is 6.92. The molecule has 27 heavy (non-hydrogen) atoms. The number of hydrogen-bond acceptors (Lipinski definition) is 6. The number of thioether (sulfide) groups is 1. The van der Waals surface area contributed by atoms with Crippen molar-refractivity contribution in [2.75, 3.05) is 0 Å². The van der Waals surface area contributed by atoms with Crippen LogP contribution in [0.1, 0.15) is 18.2 Å². The summed E-state index contributed by atoms with van der Waals surface area (Å²) in [6.45, 7) is 4.06. The van der Waals surface area contributed by atoms with Crippen molar-refractivity contribution in [3.63, 3.8) is 0 Å². The maximum Gasteiger partial charge on any atom is 0.318 e. The highest BCUT2D eigenvalue weighted by Crippen LogP contribution is 2.29. The first-order valence-electron chi connectivity index (χ1n) is 8.24. The minimum absolute atomic E-state index is 0.484. The van der Waals surface area contributed by atoms with E-state index in [4.69, 9.17) is 10.2 Å². The van der Waals surface area contributed by atoms with Crippen LogP contribution in [0.5, 0.6) is 0 Å². The van der Waals surface area contributed by atoms with Gasteiger partial charge in [-0.15, -0.1) is 10.2 Å². The highest BCUT2D eigenvalue weighted by atomic mass is 32.2. The molecule has 1 atom stereocenters. The van der Waals surface area contributed by atoms with E-state index in [1.807, 2.05) is 47.9 Å². The zero-order valence-electron chi connectivity index (χ0n) is 14.9. The van der Waals surface area contributed by atoms with Crippen LogP contribution in [0.4, 0.5) is 4.79 Å². The van der Waals surface area contributed by atoms with Crippen molar-refractivity contribution in [1.82, 2.24) is 20.1 Å². The van der Waals surface area contributed by atoms with Gasteiger partial charge in [-0.1, -0.05) is 42.1 Å². The van der Waals surface area contributed by atoms with Gasteiger partial charge in [-0.25, -0.2) is 4.79 Å². The van der Waals surface area contributed by atoms with Gasteiger partial charge in [0.25, 0.3) is 0 Å². The Hall–Kier alpha value is -3.07. The average molecular weight is 385 g/mol. The van der Waals surface area contributed by atoms with Gasteiger partial charge in [0.1, 0.15) is 5.76 Å². The molecule has 2 aromatic heterocycles. The second-order valence-electron chi connectivity index (χ2n) is 5.88. The number of carbonyl (C=O) groups excluding carboxylic acids is 2. The molecule has 3 amide bonds. The molecule has 0 spiro atoms. The molecule has 1 aromatic carbocycles. The number of urea groups is 1. The topological polar surface area (TPSA) is 116 Å². The first-order valence-corrected chi connectivity index (χ1v) is 9.12. The van der Waals surface area contributed by atoms with E-state index in [2.05, 4.69) is 15.5 Å². The van der Waals surface area contributed by atoms with Gasteiger partial charge < -0.3 is 10.2 Å². The summed E-state index contributed by atoms with van der Waals surface area (Å²) in [5.74, 6) is 0.894. The molecule has 0 unspecified atom stereocenters. The largest absolute Gasteiger partial charge is 0.469 e. The predicted molar refractivity (Wildman–Crippen MR) is 101 cm³/mol. The highest BCUT2D eigenvalue weighted by molar-refractivity contribution is 8.00. The molecular formula is C18H19N5O3S. The summed E-state index contributed by atoms with van der Waals surface area (Å²) in [6, 6.07) is 10.8. The van der Waals surface area contributed by atoms with Gasteiger partial charge in [0.15, 0.2) is 11.0 Å². The van der Waals surface area contributed by atoms with Crippen LogP contribution in [0.2, 0.25) is 0 Å². The van der Waals surface area contributed by atoms with Crippen molar-refractivity contribution < 1.29 is 14.0 Å². The lowest BCUT2D eigenvalue weighted by Gasteiger charge is -2.13. The number of hydrogen-bond donors (Lipinski definition) is 2. The van der Waals surface area contributed by atoms with Crippen LogP contribution >= 0.6 is 11.8 Å². The monoisotopic (exact) mass is 385 g/mol. The van der Waals surface area contributed by atoms with Gasteiger partial charge in [0, 0.05) is 0 Å². The van der Waals surface area contributed by atoms with Crippen LogP contribution in [0.25, 0.3) is 11.4 Å². The number of carbonyl (C=O) groups is 2. The van der Waals surface area contributed by atoms with Crippen molar-refractivity contribution >= 4 is 23.7 Å². The summed E-state index contributed by atoms with van der Waals surface area (Å²) in [7, 11) is 0. The quantitative estimate of drug-likeness (QED) is 0.630. The molecule has 0 fully saturated rings. The van der Waals surface area contributed by atoms with Crippen LogP contribution in [0.15, 0.2) is 52.2 Å². The first kappa shape index (κ1) is 18.7. The van der Waals surface area contributed by atoms with E-state index in [0.29, 0.717) is 17.5 Å². The molecule has 3 N–H and O–H groups in total. The van der Waals surface area contributed by atoms with E-state index in [1.54, 1.807) is 13.2 Å². The van der Waals surface area contributed by atoms with Gasteiger partial charge in [-0.2, -0.15) is 0 Å². The molecule has 0 saturated heterocycles. The van der Waals surface area contributed by atoms with Crippen LogP contribution in [0, 0.1) is 6.92 Å². The Balaban J connectivity index is 1.94. The Labute approximate surface area is 160 Å². The molecule has 3 aromatic rings. The van der Waals surface area contributed by atoms with Crippen LogP contribution in [-0.2, 0) is 11.3 Å². The molecule has 2 heterocycles. The van der Waals surface area contributed by atoms with Gasteiger partial charge in [0.2, 0.25) is 5.91 Å². The lowest BCUT2D eigenvalue weighted by molar-refractivity contribution is -0.119. The summed E-state index contributed by atoms with van der Waals surface area (Å²) in [4.78, 5) is 22.9. The van der Waals surface area contributed by atoms with Crippen molar-refractivity contribution in [2.45, 2.75) is 30.8 Å². The molecule has 140 valence electrons. The van der Waals surface area contributed by atoms with Gasteiger partial charge >= 0.3 is 6.03 Å². The zero-order valence-corrected chi connectivity index (χ0v) is 15.7. The Morgan fingerprint density at radius 1 is 1.26 bits per heavy atom. The summed E-state index contributed by atoms with van der Waals surface area (Å²) in [5, 5.41) is 10.6. The fraction of sp³-hybridized carbons (Fsp3) is 0.222. The maximum absolute atomic E-state index is 12.0. The van der Waals surface area contributed by atoms with Crippen molar-refractivity contribution in [1.29, 1.82) is 0 Å². The minimum Gasteiger partial charge on any atom is -0.469 e. The van der Waals surface area contributed by atoms with Crippen molar-refractivity contribution in [2.24, 2.45) is 5.73 Å². The van der Waals surface area contributed by atoms with E-state index in [0.717, 1.165) is 16.9 Å². The number of primary amides is 1. The fourth-order valence-electron chi connectivity index (χ4n) is 2.54. The van der Waals surface area contributed by atoms with Gasteiger partial charge in [-0.05, 0) is 25.5 Å². The third-order valence-corrected chi connectivity index (χ3v) is 4.98. The second kappa shape index (κ2) is 8.09. The Morgan fingerprint density at radius 3 is 2.63 bits per heavy atom. The molecule has 0 bridgehead atoms. The smallest absolute Gasteiger partial charge is 0.318 e. The fourth-order valence-corrected chi connectivity index (χ4v) is 3.38. The van der Waals surface area contributed by atoms with Crippen molar-refractivity contribution in [3.05, 3.63) is 54.0 Å². The number of rotatable bonds is 6. The van der Waals surface area contributed by atoms with Crippen LogP contribution in [0.3, 0.4) is 0 Å². The van der Waals surface area contributed by atoms with Crippen LogP contribution < -0.4 is 11.1 Å². The number of aryl methyl sites for hydroxylation is 1. The highest BCUT2D eigenvalue weighted by Gasteiger charge is 2.23. The number of nitrogens with two attached hydrogens (primary N) is 1. The molecular weight excluding hydrogens is 366 g/mol. The van der Waals surface area contributed by atoms with E-state index < -0.39 is 17.2 Å². The van der Waals surface area contributed by atoms with Gasteiger partial charge in [-0.3, -0.25) is 14.7 Å². The number of nitrogens with zero attached hydrogens (tertiary/aromatic N) is 3. The molecule has 0 aliphatic carbocycles. The predicted octanol–water partition coefficient (Wildman–Crippen LogP) is 2.57. The molecule has 0 aliphatic heterocycles. The van der Waals surface area contributed by atoms with E-state index in [1.165, 1.54) is 11.8 Å². The third-order valence-electron chi connectivity index (χ3n) is 3.90. The van der Waals surface area contributed by atoms with Crippen LogP contribution in [-0.4, -0.2) is 32.0 Å². The number of nitrogens with one attached hydrogen (secondary N) is 1. The Morgan fingerprint density at radius 2 is 2.00 bits per heavy atom. The molecule has 0 saturated carbocycles. The summed E-state index contributed by atoms with van der Waals surface area (Å²) >= 11 is 1.20. The average Bonchev–Trinajstić information content (AvgIpc) is 3.21. The number of imide groups is 1. The molecule has 3 rings (SSSR count). The number of furan rings is 1. The Bertz CT molecular complexity index is 951. The van der Waals surface area contributed by atoms with E-state index in [9.17, 15) is 9.59 Å². The number of amides is 3. The SMILES string of the molecule is Cc1occc1-c1nnc(S[C@@H](C)C(=O)NC(N)=O)n1Cc1ccccc1. The van der Waals surface area contributed by atoms with Crippen molar-refractivity contribution in [3.8, 4) is 11.4 Å². The maximum atomic E-state index is 12.0. The van der Waals surface area contributed by atoms with Gasteiger partial charge in [0.05, 0.1) is 23.6 Å².